The molecule has 0 spiro atoms. The molecule has 11 heteroatoms. The number of nitrogens with zero attached hydrogens (tertiary/aromatic N) is 3. The summed E-state index contributed by atoms with van der Waals surface area (Å²) >= 11 is 0. The summed E-state index contributed by atoms with van der Waals surface area (Å²) in [5.74, 6) is -0.760. The third kappa shape index (κ3) is 4.23. The highest BCUT2D eigenvalue weighted by Crippen LogP contribution is 2.59. The van der Waals surface area contributed by atoms with Gasteiger partial charge in [0, 0.05) is 29.3 Å². The van der Waals surface area contributed by atoms with E-state index in [0.29, 0.717) is 33.5 Å². The molecule has 1 aliphatic carbocycles. The van der Waals surface area contributed by atoms with Crippen LogP contribution in [0.5, 0.6) is 11.5 Å². The number of carbonyl (C=O) groups excluding carboxylic acids is 2. The largest absolute Gasteiger partial charge is 0.457 e. The Balaban J connectivity index is 1.35. The van der Waals surface area contributed by atoms with E-state index in [4.69, 9.17) is 16.2 Å². The summed E-state index contributed by atoms with van der Waals surface area (Å²) in [6.07, 6.45) is 0.205. The Kier molecular flexibility index (Phi) is 5.42. The second kappa shape index (κ2) is 8.36. The van der Waals surface area contributed by atoms with Crippen LogP contribution in [0.3, 0.4) is 0 Å². The van der Waals surface area contributed by atoms with Gasteiger partial charge in [-0.25, -0.2) is 0 Å². The SMILES string of the molecule is NC(=O)C1(C(N)=O)CC1c1ccc(Oc2ccnc3cc(-c4cnn(CC(F)(F)F)c4)ccc23)cc1. The van der Waals surface area contributed by atoms with Crippen molar-refractivity contribution in [1.29, 1.82) is 0 Å². The first-order valence-corrected chi connectivity index (χ1v) is 10.9. The fourth-order valence-electron chi connectivity index (χ4n) is 4.40. The third-order valence-electron chi connectivity index (χ3n) is 6.36. The maximum absolute atomic E-state index is 12.6. The summed E-state index contributed by atoms with van der Waals surface area (Å²) in [6, 6.07) is 13.9. The zero-order valence-corrected chi connectivity index (χ0v) is 18.7. The fourth-order valence-corrected chi connectivity index (χ4v) is 4.40. The molecule has 2 heterocycles. The Morgan fingerprint density at radius 3 is 2.42 bits per heavy atom. The Morgan fingerprint density at radius 2 is 1.78 bits per heavy atom. The number of pyridine rings is 1. The predicted molar refractivity (Wildman–Crippen MR) is 124 cm³/mol. The maximum atomic E-state index is 12.6. The quantitative estimate of drug-likeness (QED) is 0.376. The summed E-state index contributed by atoms with van der Waals surface area (Å²) in [5.41, 5.74) is 12.0. The van der Waals surface area contributed by atoms with Gasteiger partial charge in [0.1, 0.15) is 23.5 Å². The van der Waals surface area contributed by atoms with E-state index in [1.165, 1.54) is 12.4 Å². The molecule has 1 fully saturated rings. The highest BCUT2D eigenvalue weighted by atomic mass is 19.4. The Bertz CT molecular complexity index is 1470. The molecule has 8 nitrogen and oxygen atoms in total. The monoisotopic (exact) mass is 495 g/mol. The van der Waals surface area contributed by atoms with Gasteiger partial charge < -0.3 is 16.2 Å². The maximum Gasteiger partial charge on any atom is 0.408 e. The smallest absolute Gasteiger partial charge is 0.408 e. The van der Waals surface area contributed by atoms with Gasteiger partial charge in [0.25, 0.3) is 0 Å². The Labute approximate surface area is 202 Å². The third-order valence-corrected chi connectivity index (χ3v) is 6.36. The predicted octanol–water partition coefficient (Wildman–Crippen LogP) is 3.90. The number of primary amides is 2. The highest BCUT2D eigenvalue weighted by molar-refractivity contribution is 6.08. The van der Waals surface area contributed by atoms with Crippen LogP contribution in [-0.4, -0.2) is 32.8 Å². The highest BCUT2D eigenvalue weighted by Gasteiger charge is 2.64. The van der Waals surface area contributed by atoms with Gasteiger partial charge in [-0.1, -0.05) is 18.2 Å². The van der Waals surface area contributed by atoms with E-state index in [-0.39, 0.29) is 12.3 Å². The average Bonchev–Trinajstić information content (AvgIpc) is 3.44. The van der Waals surface area contributed by atoms with Crippen LogP contribution < -0.4 is 16.2 Å². The van der Waals surface area contributed by atoms with Crippen molar-refractivity contribution in [2.45, 2.75) is 25.1 Å². The topological polar surface area (TPSA) is 126 Å². The first-order chi connectivity index (χ1) is 17.1. The second-order valence-electron chi connectivity index (χ2n) is 8.71. The minimum atomic E-state index is -4.36. The number of hydrogen-bond donors (Lipinski definition) is 2. The number of carbonyl (C=O) groups is 2. The van der Waals surface area contributed by atoms with E-state index in [0.717, 1.165) is 10.2 Å². The van der Waals surface area contributed by atoms with Crippen LogP contribution in [0.4, 0.5) is 13.2 Å². The van der Waals surface area contributed by atoms with Gasteiger partial charge in [-0.05, 0) is 47.9 Å². The van der Waals surface area contributed by atoms with Crippen molar-refractivity contribution in [2.75, 3.05) is 0 Å². The number of nitrogens with two attached hydrogens (primary N) is 2. The molecule has 1 unspecified atom stereocenters. The Morgan fingerprint density at radius 1 is 1.06 bits per heavy atom. The van der Waals surface area contributed by atoms with Crippen LogP contribution in [0.2, 0.25) is 0 Å². The van der Waals surface area contributed by atoms with Gasteiger partial charge in [-0.15, -0.1) is 0 Å². The van der Waals surface area contributed by atoms with Crippen molar-refractivity contribution in [3.63, 3.8) is 0 Å². The normalized spacial score (nSPS) is 16.6. The van der Waals surface area contributed by atoms with Crippen molar-refractivity contribution in [2.24, 2.45) is 16.9 Å². The molecule has 36 heavy (non-hydrogen) atoms. The van der Waals surface area contributed by atoms with Gasteiger partial charge in [0.15, 0.2) is 0 Å². The average molecular weight is 495 g/mol. The first-order valence-electron chi connectivity index (χ1n) is 10.9. The lowest BCUT2D eigenvalue weighted by Gasteiger charge is -2.11. The van der Waals surface area contributed by atoms with E-state index in [1.807, 2.05) is 0 Å². The standard InChI is InChI=1S/C25H20F3N5O3/c26-25(27,28)13-33-12-16(11-32-33)15-3-6-18-20(9-15)31-8-7-21(18)36-17-4-1-14(2-5-17)19-10-24(19,22(29)34)23(30)35/h1-9,11-12,19H,10,13H2,(H2,29,34)(H2,30,35). The molecular weight excluding hydrogens is 475 g/mol. The van der Waals surface area contributed by atoms with Crippen molar-refractivity contribution < 1.29 is 27.5 Å². The number of fused-ring (bicyclic) bond motifs is 1. The van der Waals surface area contributed by atoms with Gasteiger partial charge >= 0.3 is 6.18 Å². The van der Waals surface area contributed by atoms with Crippen LogP contribution >= 0.6 is 0 Å². The van der Waals surface area contributed by atoms with Crippen molar-refractivity contribution in [3.8, 4) is 22.6 Å². The molecule has 2 aromatic carbocycles. The van der Waals surface area contributed by atoms with Gasteiger partial charge in [-0.3, -0.25) is 19.3 Å². The van der Waals surface area contributed by atoms with Crippen molar-refractivity contribution in [3.05, 3.63) is 72.7 Å². The van der Waals surface area contributed by atoms with Crippen molar-refractivity contribution >= 4 is 22.7 Å². The molecule has 0 bridgehead atoms. The van der Waals surface area contributed by atoms with Crippen LogP contribution in [0.15, 0.2) is 67.1 Å². The lowest BCUT2D eigenvalue weighted by molar-refractivity contribution is -0.142. The zero-order valence-electron chi connectivity index (χ0n) is 18.7. The Hall–Kier alpha value is -4.41. The molecule has 2 aromatic heterocycles. The molecule has 4 aromatic rings. The van der Waals surface area contributed by atoms with E-state index in [2.05, 4.69) is 10.1 Å². The number of rotatable bonds is 7. The summed E-state index contributed by atoms with van der Waals surface area (Å²) in [6.45, 7) is -1.16. The van der Waals surface area contributed by atoms with E-state index in [1.54, 1.807) is 54.7 Å². The molecule has 1 aliphatic rings. The first kappa shape index (κ1) is 23.3. The van der Waals surface area contributed by atoms with Crippen LogP contribution in [-0.2, 0) is 16.1 Å². The molecular formula is C25H20F3N5O3. The molecule has 5 rings (SSSR count). The van der Waals surface area contributed by atoms with Crippen LogP contribution in [0, 0.1) is 5.41 Å². The van der Waals surface area contributed by atoms with Gasteiger partial charge in [-0.2, -0.15) is 18.3 Å². The number of ether oxygens (including phenoxy) is 1. The van der Waals surface area contributed by atoms with Gasteiger partial charge in [0.2, 0.25) is 11.8 Å². The molecule has 4 N–H and O–H groups in total. The van der Waals surface area contributed by atoms with Gasteiger partial charge in [0.05, 0.1) is 11.7 Å². The number of aromatic nitrogens is 3. The van der Waals surface area contributed by atoms with Crippen molar-refractivity contribution in [1.82, 2.24) is 14.8 Å². The lowest BCUT2D eigenvalue weighted by Crippen LogP contribution is -2.38. The molecule has 0 aliphatic heterocycles. The number of benzene rings is 2. The molecule has 184 valence electrons. The minimum Gasteiger partial charge on any atom is -0.457 e. The zero-order chi connectivity index (χ0) is 25.7. The number of amides is 2. The fraction of sp³-hybridized carbons (Fsp3) is 0.200. The molecule has 0 saturated heterocycles. The van der Waals surface area contributed by atoms with E-state index in [9.17, 15) is 22.8 Å². The molecule has 0 radical (unpaired) electrons. The number of hydrogen-bond acceptors (Lipinski definition) is 5. The second-order valence-corrected chi connectivity index (χ2v) is 8.71. The summed E-state index contributed by atoms with van der Waals surface area (Å²) < 4.78 is 44.8. The molecule has 1 atom stereocenters. The summed E-state index contributed by atoms with van der Waals surface area (Å²) in [4.78, 5) is 27.9. The van der Waals surface area contributed by atoms with E-state index < -0.39 is 30.0 Å². The lowest BCUT2D eigenvalue weighted by atomic mass is 9.97. The number of alkyl halides is 3. The molecule has 2 amide bonds. The van der Waals surface area contributed by atoms with Crippen LogP contribution in [0.1, 0.15) is 17.9 Å². The van der Waals surface area contributed by atoms with E-state index >= 15 is 0 Å². The minimum absolute atomic E-state index is 0.282. The molecule has 1 saturated carbocycles. The summed E-state index contributed by atoms with van der Waals surface area (Å²) in [7, 11) is 0. The number of halogens is 3. The summed E-state index contributed by atoms with van der Waals surface area (Å²) in [5, 5.41) is 4.49. The van der Waals surface area contributed by atoms with Crippen LogP contribution in [0.25, 0.3) is 22.0 Å².